The second-order valence-electron chi connectivity index (χ2n) is 4.36. The summed E-state index contributed by atoms with van der Waals surface area (Å²) in [5, 5.41) is 1.58. The summed E-state index contributed by atoms with van der Waals surface area (Å²) < 4.78 is 80.6. The van der Waals surface area contributed by atoms with Crippen molar-refractivity contribution in [1.82, 2.24) is 5.32 Å². The summed E-state index contributed by atoms with van der Waals surface area (Å²) in [6, 6.07) is -0.710. The quantitative estimate of drug-likeness (QED) is 0.827. The minimum atomic E-state index is -5.04. The molecule has 0 saturated carbocycles. The van der Waals surface area contributed by atoms with Crippen LogP contribution < -0.4 is 15.8 Å². The Balaban J connectivity index is 3.15. The van der Waals surface area contributed by atoms with E-state index in [-0.39, 0.29) is 6.07 Å². The van der Waals surface area contributed by atoms with Gasteiger partial charge in [-0.2, -0.15) is 26.3 Å². The third kappa shape index (κ3) is 5.34. The van der Waals surface area contributed by atoms with Crippen molar-refractivity contribution in [2.45, 2.75) is 25.4 Å². The lowest BCUT2D eigenvalue weighted by molar-refractivity contribution is -0.143. The maximum Gasteiger partial charge on any atom is 0.416 e. The summed E-state index contributed by atoms with van der Waals surface area (Å²) in [6.45, 7) is 1.02. The monoisotopic (exact) mass is 344 g/mol. The Labute approximate surface area is 125 Å². The largest absolute Gasteiger partial charge is 0.481 e. The van der Waals surface area contributed by atoms with Gasteiger partial charge in [-0.15, -0.1) is 0 Å². The van der Waals surface area contributed by atoms with Crippen molar-refractivity contribution in [2.75, 3.05) is 0 Å². The first-order valence-electron chi connectivity index (χ1n) is 5.87. The van der Waals surface area contributed by atoms with Crippen molar-refractivity contribution in [1.29, 1.82) is 0 Å². The molecular formula is C12H10F6N2O3. The number of halogens is 6. The molecule has 0 radical (unpaired) electrons. The first-order valence-corrected chi connectivity index (χ1v) is 5.87. The number of amides is 3. The Bertz CT molecular complexity index is 580. The molecule has 0 spiro atoms. The first kappa shape index (κ1) is 18.6. The Morgan fingerprint density at radius 2 is 1.48 bits per heavy atom. The van der Waals surface area contributed by atoms with Crippen LogP contribution in [-0.2, 0) is 17.1 Å². The molecule has 3 amide bonds. The highest BCUT2D eigenvalue weighted by atomic mass is 19.4. The zero-order valence-corrected chi connectivity index (χ0v) is 11.4. The fourth-order valence-electron chi connectivity index (χ4n) is 1.48. The summed E-state index contributed by atoms with van der Waals surface area (Å²) in [7, 11) is 0. The first-order chi connectivity index (χ1) is 10.3. The van der Waals surface area contributed by atoms with Crippen molar-refractivity contribution < 1.29 is 40.7 Å². The van der Waals surface area contributed by atoms with Crippen molar-refractivity contribution in [3.8, 4) is 5.75 Å². The number of carbonyl (C=O) groups is 2. The molecule has 0 aliphatic heterocycles. The summed E-state index contributed by atoms with van der Waals surface area (Å²) in [4.78, 5) is 21.8. The summed E-state index contributed by atoms with van der Waals surface area (Å²) in [6.07, 6.45) is -11.6. The molecule has 1 atom stereocenters. The second kappa shape index (κ2) is 6.34. The number of rotatable bonds is 3. The molecule has 0 aromatic heterocycles. The lowest BCUT2D eigenvalue weighted by atomic mass is 10.1. The van der Waals surface area contributed by atoms with Gasteiger partial charge in [0.2, 0.25) is 0 Å². The minimum absolute atomic E-state index is 0.0823. The maximum absolute atomic E-state index is 12.6. The molecule has 0 aliphatic rings. The van der Waals surface area contributed by atoms with E-state index in [1.807, 2.05) is 0 Å². The van der Waals surface area contributed by atoms with Gasteiger partial charge in [0.1, 0.15) is 5.75 Å². The highest BCUT2D eigenvalue weighted by Gasteiger charge is 2.37. The van der Waals surface area contributed by atoms with Crippen LogP contribution in [0.4, 0.5) is 31.1 Å². The molecule has 128 valence electrons. The Morgan fingerprint density at radius 1 is 1.04 bits per heavy atom. The highest BCUT2D eigenvalue weighted by molar-refractivity contribution is 5.95. The van der Waals surface area contributed by atoms with Gasteiger partial charge in [-0.25, -0.2) is 4.79 Å². The zero-order chi connectivity index (χ0) is 18.0. The predicted molar refractivity (Wildman–Crippen MR) is 64.3 cm³/mol. The molecule has 1 aromatic rings. The molecule has 0 fully saturated rings. The molecule has 3 N–H and O–H groups in total. The lowest BCUT2D eigenvalue weighted by Gasteiger charge is -2.17. The van der Waals surface area contributed by atoms with Crippen LogP contribution in [-0.4, -0.2) is 18.0 Å². The molecule has 23 heavy (non-hydrogen) atoms. The Hall–Kier alpha value is -2.46. The van der Waals surface area contributed by atoms with E-state index in [4.69, 9.17) is 4.74 Å². The smallest absolute Gasteiger partial charge is 0.416 e. The van der Waals surface area contributed by atoms with Crippen LogP contribution in [0, 0.1) is 0 Å². The average Bonchev–Trinajstić information content (AvgIpc) is 2.35. The highest BCUT2D eigenvalue weighted by Crippen LogP contribution is 2.38. The zero-order valence-electron chi connectivity index (χ0n) is 11.4. The van der Waals surface area contributed by atoms with E-state index >= 15 is 0 Å². The van der Waals surface area contributed by atoms with E-state index < -0.39 is 47.3 Å². The Kier molecular flexibility index (Phi) is 5.13. The number of nitrogens with two attached hydrogens (primary N) is 1. The number of primary amides is 1. The van der Waals surface area contributed by atoms with Crippen molar-refractivity contribution >= 4 is 11.9 Å². The summed E-state index contributed by atoms with van der Waals surface area (Å²) >= 11 is 0. The number of ether oxygens (including phenoxy) is 1. The van der Waals surface area contributed by atoms with Crippen molar-refractivity contribution in [3.63, 3.8) is 0 Å². The van der Waals surface area contributed by atoms with Gasteiger partial charge in [0.25, 0.3) is 5.91 Å². The predicted octanol–water partition coefficient (Wildman–Crippen LogP) is 2.69. The third-order valence-corrected chi connectivity index (χ3v) is 2.49. The van der Waals surface area contributed by atoms with Crippen LogP contribution in [0.2, 0.25) is 0 Å². The minimum Gasteiger partial charge on any atom is -0.481 e. The van der Waals surface area contributed by atoms with Crippen LogP contribution in [0.15, 0.2) is 18.2 Å². The van der Waals surface area contributed by atoms with Crippen LogP contribution in [0.25, 0.3) is 0 Å². The number of carbonyl (C=O) groups excluding carboxylic acids is 2. The normalized spacial score (nSPS) is 13.3. The molecule has 11 heteroatoms. The van der Waals surface area contributed by atoms with Gasteiger partial charge in [-0.05, 0) is 25.1 Å². The number of nitrogens with one attached hydrogen (secondary N) is 1. The van der Waals surface area contributed by atoms with Crippen LogP contribution in [0.5, 0.6) is 5.75 Å². The molecule has 1 rings (SSSR count). The van der Waals surface area contributed by atoms with E-state index in [2.05, 4.69) is 5.73 Å². The van der Waals surface area contributed by atoms with Gasteiger partial charge in [0.15, 0.2) is 6.10 Å². The van der Waals surface area contributed by atoms with E-state index in [9.17, 15) is 35.9 Å². The molecule has 1 aromatic carbocycles. The molecule has 0 heterocycles. The van der Waals surface area contributed by atoms with Gasteiger partial charge >= 0.3 is 18.4 Å². The van der Waals surface area contributed by atoms with Gasteiger partial charge in [-0.1, -0.05) is 0 Å². The number of hydrogen-bond donors (Lipinski definition) is 2. The van der Waals surface area contributed by atoms with E-state index in [0.717, 1.165) is 6.92 Å². The van der Waals surface area contributed by atoms with Gasteiger partial charge in [0.05, 0.1) is 11.1 Å². The van der Waals surface area contributed by atoms with Crippen LogP contribution in [0.1, 0.15) is 18.1 Å². The number of benzene rings is 1. The average molecular weight is 344 g/mol. The molecule has 0 aliphatic carbocycles. The van der Waals surface area contributed by atoms with Crippen LogP contribution in [0.3, 0.4) is 0 Å². The maximum atomic E-state index is 12.6. The fourth-order valence-corrected chi connectivity index (χ4v) is 1.48. The lowest BCUT2D eigenvalue weighted by Crippen LogP contribution is -2.42. The van der Waals surface area contributed by atoms with E-state index in [1.165, 1.54) is 0 Å². The SMILES string of the molecule is C[C@H](Oc1cc(C(F)(F)F)cc(C(F)(F)F)c1)C(=O)NC(N)=O. The van der Waals surface area contributed by atoms with Crippen molar-refractivity contribution in [3.05, 3.63) is 29.3 Å². The molecule has 0 saturated heterocycles. The van der Waals surface area contributed by atoms with Gasteiger partial charge < -0.3 is 10.5 Å². The number of hydrogen-bond acceptors (Lipinski definition) is 3. The molecule has 0 bridgehead atoms. The Morgan fingerprint density at radius 3 is 1.83 bits per heavy atom. The summed E-state index contributed by atoms with van der Waals surface area (Å²) in [5.74, 6) is -1.96. The van der Waals surface area contributed by atoms with E-state index in [1.54, 1.807) is 5.32 Å². The number of urea groups is 1. The molecular weight excluding hydrogens is 334 g/mol. The van der Waals surface area contributed by atoms with Gasteiger partial charge in [-0.3, -0.25) is 10.1 Å². The number of alkyl halides is 6. The third-order valence-electron chi connectivity index (χ3n) is 2.49. The van der Waals surface area contributed by atoms with E-state index in [0.29, 0.717) is 12.1 Å². The fraction of sp³-hybridized carbons (Fsp3) is 0.333. The second-order valence-corrected chi connectivity index (χ2v) is 4.36. The number of imide groups is 1. The van der Waals surface area contributed by atoms with Gasteiger partial charge in [0, 0.05) is 0 Å². The summed E-state index contributed by atoms with van der Waals surface area (Å²) in [5.41, 5.74) is 1.48. The standard InChI is InChI=1S/C12H10F6N2O3/c1-5(9(21)20-10(19)22)23-8-3-6(11(13,14)15)2-7(4-8)12(16,17)18/h2-5H,1H3,(H3,19,20,21,22)/t5-/m0/s1. The molecule has 0 unspecified atom stereocenters. The topological polar surface area (TPSA) is 81.4 Å². The van der Waals surface area contributed by atoms with Crippen LogP contribution >= 0.6 is 0 Å². The molecule has 5 nitrogen and oxygen atoms in total. The van der Waals surface area contributed by atoms with Crippen molar-refractivity contribution in [2.24, 2.45) is 5.73 Å².